The van der Waals surface area contributed by atoms with E-state index in [0.29, 0.717) is 6.07 Å². The summed E-state index contributed by atoms with van der Waals surface area (Å²) in [4.78, 5) is 0. The Kier molecular flexibility index (Phi) is 3.69. The van der Waals surface area contributed by atoms with Crippen molar-refractivity contribution in [3.8, 4) is 5.75 Å². The van der Waals surface area contributed by atoms with E-state index < -0.39 is 23.2 Å². The fraction of sp³-hybridized carbons (Fsp3) is 0.0769. The molecule has 1 N–H and O–H groups in total. The Labute approximate surface area is 111 Å². The van der Waals surface area contributed by atoms with Crippen LogP contribution in [0.1, 0.15) is 5.56 Å². The first-order valence-electron chi connectivity index (χ1n) is 5.44. The predicted molar refractivity (Wildman–Crippen MR) is 63.7 cm³/mol. The standard InChI is InChI=1S/C13H8F4N2O/c14-12-10(13(15,16)17)2-1-3-11(12)19-18-8-4-6-9(20)7-5-8/h1-7,20H. The van der Waals surface area contributed by atoms with Gasteiger partial charge >= 0.3 is 6.18 Å². The first-order valence-corrected chi connectivity index (χ1v) is 5.44. The largest absolute Gasteiger partial charge is 0.508 e. The van der Waals surface area contributed by atoms with Crippen molar-refractivity contribution in [1.82, 2.24) is 0 Å². The van der Waals surface area contributed by atoms with Crippen molar-refractivity contribution in [2.24, 2.45) is 10.2 Å². The van der Waals surface area contributed by atoms with E-state index in [1.807, 2.05) is 0 Å². The Morgan fingerprint density at radius 2 is 1.55 bits per heavy atom. The fourth-order valence-electron chi connectivity index (χ4n) is 1.45. The van der Waals surface area contributed by atoms with Gasteiger partial charge in [0.2, 0.25) is 0 Å². The summed E-state index contributed by atoms with van der Waals surface area (Å²) in [6.45, 7) is 0. The lowest BCUT2D eigenvalue weighted by Gasteiger charge is -2.08. The number of halogens is 4. The third-order valence-corrected chi connectivity index (χ3v) is 2.41. The van der Waals surface area contributed by atoms with Gasteiger partial charge in [-0.25, -0.2) is 4.39 Å². The SMILES string of the molecule is Oc1ccc(N=Nc2cccc(C(F)(F)F)c2F)cc1. The molecule has 2 aromatic carbocycles. The molecule has 2 aromatic rings. The molecule has 0 aliphatic carbocycles. The van der Waals surface area contributed by atoms with Crippen LogP contribution in [-0.2, 0) is 6.18 Å². The quantitative estimate of drug-likeness (QED) is 0.614. The van der Waals surface area contributed by atoms with Crippen LogP contribution in [0.5, 0.6) is 5.75 Å². The van der Waals surface area contributed by atoms with E-state index in [9.17, 15) is 17.6 Å². The molecule has 7 heteroatoms. The molecule has 0 aliphatic rings. The van der Waals surface area contributed by atoms with Gasteiger partial charge in [-0.15, -0.1) is 5.11 Å². The molecule has 20 heavy (non-hydrogen) atoms. The summed E-state index contributed by atoms with van der Waals surface area (Å²) in [6.07, 6.45) is -4.78. The first kappa shape index (κ1) is 14.0. The van der Waals surface area contributed by atoms with Gasteiger partial charge in [0, 0.05) is 0 Å². The molecule has 0 saturated carbocycles. The molecule has 0 aliphatic heterocycles. The Balaban J connectivity index is 2.32. The van der Waals surface area contributed by atoms with Crippen molar-refractivity contribution < 1.29 is 22.7 Å². The molecule has 3 nitrogen and oxygen atoms in total. The minimum absolute atomic E-state index is 0.00852. The highest BCUT2D eigenvalue weighted by Crippen LogP contribution is 2.35. The fourth-order valence-corrected chi connectivity index (χ4v) is 1.45. The molecular weight excluding hydrogens is 276 g/mol. The monoisotopic (exact) mass is 284 g/mol. The zero-order valence-corrected chi connectivity index (χ0v) is 9.89. The predicted octanol–water partition coefficient (Wildman–Crippen LogP) is 4.97. The minimum Gasteiger partial charge on any atom is -0.508 e. The van der Waals surface area contributed by atoms with E-state index in [0.717, 1.165) is 12.1 Å². The number of hydrogen-bond donors (Lipinski definition) is 1. The molecule has 0 heterocycles. The zero-order chi connectivity index (χ0) is 14.8. The molecule has 0 radical (unpaired) electrons. The summed E-state index contributed by atoms with van der Waals surface area (Å²) in [5.41, 5.74) is -1.62. The second-order valence-electron chi connectivity index (χ2n) is 3.85. The number of phenolic OH excluding ortho intramolecular Hbond substituents is 1. The number of phenols is 1. The minimum atomic E-state index is -4.78. The third-order valence-electron chi connectivity index (χ3n) is 2.41. The van der Waals surface area contributed by atoms with Crippen molar-refractivity contribution in [3.63, 3.8) is 0 Å². The second kappa shape index (κ2) is 5.28. The van der Waals surface area contributed by atoms with Crippen molar-refractivity contribution in [1.29, 1.82) is 0 Å². The highest BCUT2D eigenvalue weighted by Gasteiger charge is 2.34. The number of hydrogen-bond acceptors (Lipinski definition) is 3. The van der Waals surface area contributed by atoms with Crippen molar-refractivity contribution in [2.75, 3.05) is 0 Å². The highest BCUT2D eigenvalue weighted by atomic mass is 19.4. The number of aromatic hydroxyl groups is 1. The maximum Gasteiger partial charge on any atom is 0.419 e. The molecule has 0 spiro atoms. The van der Waals surface area contributed by atoms with Crippen LogP contribution >= 0.6 is 0 Å². The zero-order valence-electron chi connectivity index (χ0n) is 9.89. The first-order chi connectivity index (χ1) is 9.38. The Bertz CT molecular complexity index is 636. The Morgan fingerprint density at radius 1 is 0.900 bits per heavy atom. The van der Waals surface area contributed by atoms with Gasteiger partial charge < -0.3 is 5.11 Å². The van der Waals surface area contributed by atoms with Crippen LogP contribution in [0.15, 0.2) is 52.7 Å². The van der Waals surface area contributed by atoms with Gasteiger partial charge in [-0.2, -0.15) is 18.3 Å². The summed E-state index contributed by atoms with van der Waals surface area (Å²) in [7, 11) is 0. The van der Waals surface area contributed by atoms with Gasteiger partial charge in [-0.05, 0) is 36.4 Å². The molecule has 104 valence electrons. The number of rotatable bonds is 2. The topological polar surface area (TPSA) is 45.0 Å². The van der Waals surface area contributed by atoms with Crippen molar-refractivity contribution in [3.05, 3.63) is 53.8 Å². The van der Waals surface area contributed by atoms with Crippen molar-refractivity contribution in [2.45, 2.75) is 6.18 Å². The lowest BCUT2D eigenvalue weighted by atomic mass is 10.2. The lowest BCUT2D eigenvalue weighted by molar-refractivity contribution is -0.139. The molecule has 0 unspecified atom stereocenters. The summed E-state index contributed by atoms with van der Waals surface area (Å²) < 4.78 is 51.1. The Hall–Kier alpha value is -2.44. The van der Waals surface area contributed by atoms with Crippen LogP contribution in [0.25, 0.3) is 0 Å². The maximum atomic E-state index is 13.6. The number of nitrogens with zero attached hydrogens (tertiary/aromatic N) is 2. The van der Waals surface area contributed by atoms with E-state index in [2.05, 4.69) is 10.2 Å². The van der Waals surface area contributed by atoms with Gasteiger partial charge in [0.05, 0.1) is 11.3 Å². The average molecular weight is 284 g/mol. The van der Waals surface area contributed by atoms with Crippen LogP contribution < -0.4 is 0 Å². The maximum absolute atomic E-state index is 13.6. The van der Waals surface area contributed by atoms with E-state index >= 15 is 0 Å². The molecule has 0 aromatic heterocycles. The molecule has 0 bridgehead atoms. The molecule has 0 atom stereocenters. The third kappa shape index (κ3) is 3.11. The normalized spacial score (nSPS) is 12.0. The summed E-state index contributed by atoms with van der Waals surface area (Å²) in [6, 6.07) is 8.23. The van der Waals surface area contributed by atoms with E-state index in [4.69, 9.17) is 5.11 Å². The van der Waals surface area contributed by atoms with Gasteiger partial charge in [0.25, 0.3) is 0 Å². The van der Waals surface area contributed by atoms with Crippen molar-refractivity contribution >= 4 is 11.4 Å². The van der Waals surface area contributed by atoms with Crippen LogP contribution in [0, 0.1) is 5.82 Å². The van der Waals surface area contributed by atoms with Gasteiger partial charge in [0.1, 0.15) is 11.4 Å². The van der Waals surface area contributed by atoms with Gasteiger partial charge in [0.15, 0.2) is 5.82 Å². The second-order valence-corrected chi connectivity index (χ2v) is 3.85. The summed E-state index contributed by atoms with van der Waals surface area (Å²) in [5.74, 6) is -1.46. The van der Waals surface area contributed by atoms with Crippen LogP contribution in [0.4, 0.5) is 28.9 Å². The summed E-state index contributed by atoms with van der Waals surface area (Å²) in [5, 5.41) is 16.1. The summed E-state index contributed by atoms with van der Waals surface area (Å²) >= 11 is 0. The molecule has 0 amide bonds. The average Bonchev–Trinajstić information content (AvgIpc) is 2.38. The van der Waals surface area contributed by atoms with E-state index in [-0.39, 0.29) is 11.4 Å². The van der Waals surface area contributed by atoms with Gasteiger partial charge in [-0.1, -0.05) is 6.07 Å². The van der Waals surface area contributed by atoms with Crippen LogP contribution in [-0.4, -0.2) is 5.11 Å². The molecule has 0 saturated heterocycles. The van der Waals surface area contributed by atoms with Crippen LogP contribution in [0.3, 0.4) is 0 Å². The highest BCUT2D eigenvalue weighted by molar-refractivity contribution is 5.45. The molecule has 0 fully saturated rings. The van der Waals surface area contributed by atoms with E-state index in [1.54, 1.807) is 0 Å². The number of alkyl halides is 3. The molecule has 2 rings (SSSR count). The van der Waals surface area contributed by atoms with E-state index in [1.165, 1.54) is 24.3 Å². The number of azo groups is 1. The smallest absolute Gasteiger partial charge is 0.419 e. The van der Waals surface area contributed by atoms with Crippen LogP contribution in [0.2, 0.25) is 0 Å². The number of benzene rings is 2. The van der Waals surface area contributed by atoms with Gasteiger partial charge in [-0.3, -0.25) is 0 Å². The Morgan fingerprint density at radius 3 is 2.15 bits per heavy atom. The lowest BCUT2D eigenvalue weighted by Crippen LogP contribution is -2.07. The molecular formula is C13H8F4N2O.